The van der Waals surface area contributed by atoms with Gasteiger partial charge in [-0.15, -0.1) is 0 Å². The zero-order valence-electron chi connectivity index (χ0n) is 15.2. The van der Waals surface area contributed by atoms with E-state index in [0.29, 0.717) is 31.2 Å². The molecule has 2 aromatic rings. The predicted molar refractivity (Wildman–Crippen MR) is 104 cm³/mol. The normalized spacial score (nSPS) is 15.5. The van der Waals surface area contributed by atoms with Crippen molar-refractivity contribution in [3.63, 3.8) is 0 Å². The van der Waals surface area contributed by atoms with Crippen molar-refractivity contribution < 1.29 is 4.79 Å². The number of nitrogens with one attached hydrogen (secondary N) is 1. The number of guanidine groups is 1. The van der Waals surface area contributed by atoms with E-state index in [4.69, 9.17) is 11.6 Å². The summed E-state index contributed by atoms with van der Waals surface area (Å²) in [5.41, 5.74) is 2.27. The zero-order valence-corrected chi connectivity index (χ0v) is 15.9. The van der Waals surface area contributed by atoms with Gasteiger partial charge in [0.15, 0.2) is 5.96 Å². The predicted octanol–water partition coefficient (Wildman–Crippen LogP) is 2.10. The molecule has 0 spiro atoms. The van der Waals surface area contributed by atoms with E-state index in [2.05, 4.69) is 22.6 Å². The molecule has 138 valence electrons. The van der Waals surface area contributed by atoms with Crippen LogP contribution >= 0.6 is 11.6 Å². The summed E-state index contributed by atoms with van der Waals surface area (Å²) < 4.78 is 2.01. The molecule has 1 aromatic carbocycles. The molecule has 1 N–H and O–H groups in total. The molecule has 0 bridgehead atoms. The Labute approximate surface area is 159 Å². The Kier molecular flexibility index (Phi) is 5.83. The Morgan fingerprint density at radius 3 is 2.58 bits per heavy atom. The number of halogens is 1. The van der Waals surface area contributed by atoms with Crippen molar-refractivity contribution >= 4 is 23.5 Å². The van der Waals surface area contributed by atoms with Crippen LogP contribution in [-0.2, 0) is 24.9 Å². The maximum Gasteiger partial charge on any atom is 0.242 e. The fourth-order valence-electron chi connectivity index (χ4n) is 3.05. The molecule has 0 radical (unpaired) electrons. The quantitative estimate of drug-likeness (QED) is 0.659. The Balaban J connectivity index is 1.54. The van der Waals surface area contributed by atoms with Crippen LogP contribution in [0.25, 0.3) is 0 Å². The highest BCUT2D eigenvalue weighted by atomic mass is 35.5. The lowest BCUT2D eigenvalue weighted by Crippen LogP contribution is -2.54. The number of carbonyl (C=O) groups excluding carboxylic acids is 1. The maximum absolute atomic E-state index is 12.5. The van der Waals surface area contributed by atoms with Gasteiger partial charge in [0.25, 0.3) is 0 Å². The van der Waals surface area contributed by atoms with Gasteiger partial charge in [0, 0.05) is 57.7 Å². The van der Waals surface area contributed by atoms with Crippen LogP contribution < -0.4 is 5.32 Å². The number of aromatic nitrogens is 1. The lowest BCUT2D eigenvalue weighted by molar-refractivity contribution is -0.135. The minimum absolute atomic E-state index is 0.105. The molecule has 0 atom stereocenters. The van der Waals surface area contributed by atoms with Gasteiger partial charge < -0.3 is 19.7 Å². The van der Waals surface area contributed by atoms with Gasteiger partial charge in [0.05, 0.1) is 6.54 Å². The molecule has 7 heteroatoms. The van der Waals surface area contributed by atoms with Gasteiger partial charge in [0.2, 0.25) is 5.91 Å². The van der Waals surface area contributed by atoms with Crippen molar-refractivity contribution in [2.45, 2.75) is 13.1 Å². The molecule has 1 aromatic heterocycles. The van der Waals surface area contributed by atoms with Crippen LogP contribution in [0.1, 0.15) is 11.1 Å². The minimum Gasteiger partial charge on any atom is -0.357 e. The summed E-state index contributed by atoms with van der Waals surface area (Å²) >= 11 is 5.92. The summed E-state index contributed by atoms with van der Waals surface area (Å²) in [7, 11) is 3.74. The van der Waals surface area contributed by atoms with Crippen LogP contribution in [0.3, 0.4) is 0 Å². The number of amides is 1. The molecule has 0 saturated carbocycles. The van der Waals surface area contributed by atoms with E-state index in [0.717, 1.165) is 18.1 Å². The molecule has 1 saturated heterocycles. The molecule has 1 fully saturated rings. The van der Waals surface area contributed by atoms with Crippen molar-refractivity contribution in [3.8, 4) is 0 Å². The highest BCUT2D eigenvalue weighted by molar-refractivity contribution is 6.30. The molecule has 26 heavy (non-hydrogen) atoms. The van der Waals surface area contributed by atoms with Crippen molar-refractivity contribution in [1.82, 2.24) is 19.7 Å². The van der Waals surface area contributed by atoms with Crippen LogP contribution in [-0.4, -0.2) is 52.9 Å². The first-order valence-electron chi connectivity index (χ1n) is 8.64. The third kappa shape index (κ3) is 4.58. The van der Waals surface area contributed by atoms with E-state index in [-0.39, 0.29) is 5.91 Å². The van der Waals surface area contributed by atoms with Gasteiger partial charge >= 0.3 is 0 Å². The number of nitrogens with zero attached hydrogens (tertiary/aromatic N) is 4. The fraction of sp³-hybridized carbons (Fsp3) is 0.368. The fourth-order valence-corrected chi connectivity index (χ4v) is 3.17. The average molecular weight is 374 g/mol. The lowest BCUT2D eigenvalue weighted by Gasteiger charge is -2.36. The van der Waals surface area contributed by atoms with Crippen molar-refractivity contribution in [1.29, 1.82) is 0 Å². The summed E-state index contributed by atoms with van der Waals surface area (Å²) in [6.07, 6.45) is 4.08. The molecular weight excluding hydrogens is 350 g/mol. The van der Waals surface area contributed by atoms with Gasteiger partial charge in [-0.2, -0.15) is 0 Å². The molecule has 0 unspecified atom stereocenters. The minimum atomic E-state index is 0.105. The van der Waals surface area contributed by atoms with Gasteiger partial charge in [-0.3, -0.25) is 9.79 Å². The third-order valence-corrected chi connectivity index (χ3v) is 4.71. The standard InChI is InChI=1S/C19H24ClN5O/c1-21-19(22-11-16-7-8-23(2)12-16)25-10-9-24(18(26)14-25)13-15-3-5-17(20)6-4-15/h3-8,12H,9-11,13-14H2,1-2H3,(H,21,22). The number of aliphatic imine (C=N–C) groups is 1. The van der Waals surface area contributed by atoms with Crippen molar-refractivity contribution in [3.05, 3.63) is 58.9 Å². The van der Waals surface area contributed by atoms with Gasteiger partial charge in [-0.25, -0.2) is 0 Å². The second-order valence-corrected chi connectivity index (χ2v) is 6.89. The largest absolute Gasteiger partial charge is 0.357 e. The van der Waals surface area contributed by atoms with Crippen LogP contribution in [0.5, 0.6) is 0 Å². The number of hydrogen-bond donors (Lipinski definition) is 1. The summed E-state index contributed by atoms with van der Waals surface area (Å²) in [6, 6.07) is 9.69. The third-order valence-electron chi connectivity index (χ3n) is 4.46. The highest BCUT2D eigenvalue weighted by Crippen LogP contribution is 2.13. The van der Waals surface area contributed by atoms with E-state index >= 15 is 0 Å². The molecule has 0 aliphatic carbocycles. The van der Waals surface area contributed by atoms with Gasteiger partial charge in [-0.05, 0) is 29.3 Å². The van der Waals surface area contributed by atoms with Crippen LogP contribution in [0, 0.1) is 0 Å². The van der Waals surface area contributed by atoms with E-state index < -0.39 is 0 Å². The molecule has 3 rings (SSSR count). The molecule has 1 aliphatic heterocycles. The van der Waals surface area contributed by atoms with E-state index in [9.17, 15) is 4.79 Å². The van der Waals surface area contributed by atoms with Crippen LogP contribution in [0.2, 0.25) is 5.02 Å². The van der Waals surface area contributed by atoms with Crippen molar-refractivity contribution in [2.75, 3.05) is 26.7 Å². The monoisotopic (exact) mass is 373 g/mol. The van der Waals surface area contributed by atoms with Crippen molar-refractivity contribution in [2.24, 2.45) is 12.0 Å². The number of aryl methyl sites for hydroxylation is 1. The second-order valence-electron chi connectivity index (χ2n) is 6.45. The zero-order chi connectivity index (χ0) is 18.5. The molecule has 1 aliphatic rings. The van der Waals surface area contributed by atoms with Gasteiger partial charge in [0.1, 0.15) is 0 Å². The maximum atomic E-state index is 12.5. The first kappa shape index (κ1) is 18.3. The Hall–Kier alpha value is -2.47. The lowest BCUT2D eigenvalue weighted by atomic mass is 10.2. The first-order valence-corrected chi connectivity index (χ1v) is 9.01. The van der Waals surface area contributed by atoms with E-state index in [1.165, 1.54) is 5.56 Å². The van der Waals surface area contributed by atoms with Crippen LogP contribution in [0.15, 0.2) is 47.7 Å². The molecule has 1 amide bonds. The first-order chi connectivity index (χ1) is 12.5. The molecule has 6 nitrogen and oxygen atoms in total. The number of rotatable bonds is 4. The van der Waals surface area contributed by atoms with E-state index in [1.54, 1.807) is 7.05 Å². The number of benzene rings is 1. The summed E-state index contributed by atoms with van der Waals surface area (Å²) in [5, 5.41) is 4.04. The summed E-state index contributed by atoms with van der Waals surface area (Å²) in [4.78, 5) is 20.8. The number of carbonyl (C=O) groups is 1. The van der Waals surface area contributed by atoms with E-state index in [1.807, 2.05) is 51.9 Å². The smallest absolute Gasteiger partial charge is 0.242 e. The Morgan fingerprint density at radius 2 is 1.96 bits per heavy atom. The second kappa shape index (κ2) is 8.27. The Morgan fingerprint density at radius 1 is 1.19 bits per heavy atom. The number of piperazine rings is 1. The molecule has 2 heterocycles. The highest BCUT2D eigenvalue weighted by Gasteiger charge is 2.25. The summed E-state index contributed by atoms with van der Waals surface area (Å²) in [6.45, 7) is 3.07. The number of hydrogen-bond acceptors (Lipinski definition) is 2. The topological polar surface area (TPSA) is 52.9 Å². The van der Waals surface area contributed by atoms with Gasteiger partial charge in [-0.1, -0.05) is 23.7 Å². The molecular formula is C19H24ClN5O. The summed E-state index contributed by atoms with van der Waals surface area (Å²) in [5.74, 6) is 0.863. The Bertz CT molecular complexity index is 783. The SMILES string of the molecule is CN=C(NCc1ccn(C)c1)N1CCN(Cc2ccc(Cl)cc2)C(=O)C1. The average Bonchev–Trinajstić information content (AvgIpc) is 3.05. The van der Waals surface area contributed by atoms with Crippen LogP contribution in [0.4, 0.5) is 0 Å².